The number of nitrogens with zero attached hydrogens (tertiary/aromatic N) is 4. The van der Waals surface area contributed by atoms with E-state index in [0.29, 0.717) is 5.82 Å². The second-order valence-electron chi connectivity index (χ2n) is 6.11. The van der Waals surface area contributed by atoms with Gasteiger partial charge in [-0.3, -0.25) is 10.1 Å². The zero-order chi connectivity index (χ0) is 19.3. The van der Waals surface area contributed by atoms with Gasteiger partial charge >= 0.3 is 0 Å². The molecule has 0 radical (unpaired) electrons. The number of benzene rings is 3. The van der Waals surface area contributed by atoms with Crippen LogP contribution >= 0.6 is 0 Å². The Bertz CT molecular complexity index is 1120. The van der Waals surface area contributed by atoms with Gasteiger partial charge in [0.1, 0.15) is 0 Å². The molecule has 0 aliphatic carbocycles. The first-order chi connectivity index (χ1) is 13.7. The Labute approximate surface area is 161 Å². The minimum Gasteiger partial charge on any atom is -0.258 e. The molecule has 0 unspecified atom stereocenters. The van der Waals surface area contributed by atoms with E-state index in [0.717, 1.165) is 22.5 Å². The maximum Gasteiger partial charge on any atom is 0.269 e. The minimum atomic E-state index is -0.419. The van der Waals surface area contributed by atoms with Crippen molar-refractivity contribution in [3.8, 4) is 16.9 Å². The summed E-state index contributed by atoms with van der Waals surface area (Å²) >= 11 is 0. The SMILES string of the molecule is O=[N+]([O-])c1ccc(C=Nc2cc(-c3ccccc3)nn2-c2ccccc2)cc1. The highest BCUT2D eigenvalue weighted by atomic mass is 16.6. The fourth-order valence-electron chi connectivity index (χ4n) is 2.80. The van der Waals surface area contributed by atoms with Crippen LogP contribution in [0.3, 0.4) is 0 Å². The van der Waals surface area contributed by atoms with Crippen molar-refractivity contribution in [2.24, 2.45) is 4.99 Å². The fourth-order valence-corrected chi connectivity index (χ4v) is 2.80. The van der Waals surface area contributed by atoms with Crippen LogP contribution in [0, 0.1) is 10.1 Å². The highest BCUT2D eigenvalue weighted by molar-refractivity contribution is 5.82. The third kappa shape index (κ3) is 3.71. The quantitative estimate of drug-likeness (QED) is 0.276. The molecule has 1 heterocycles. The minimum absolute atomic E-state index is 0.0536. The Morgan fingerprint density at radius 3 is 2.18 bits per heavy atom. The van der Waals surface area contributed by atoms with E-state index in [1.54, 1.807) is 23.0 Å². The van der Waals surface area contributed by atoms with E-state index in [9.17, 15) is 10.1 Å². The molecule has 6 heteroatoms. The molecule has 0 spiro atoms. The van der Waals surface area contributed by atoms with Gasteiger partial charge in [0, 0.05) is 30.0 Å². The van der Waals surface area contributed by atoms with Gasteiger partial charge in [-0.15, -0.1) is 0 Å². The monoisotopic (exact) mass is 368 g/mol. The smallest absolute Gasteiger partial charge is 0.258 e. The van der Waals surface area contributed by atoms with Gasteiger partial charge in [-0.25, -0.2) is 9.67 Å². The molecule has 0 saturated heterocycles. The van der Waals surface area contributed by atoms with Crippen LogP contribution in [-0.2, 0) is 0 Å². The van der Waals surface area contributed by atoms with E-state index in [4.69, 9.17) is 5.10 Å². The van der Waals surface area contributed by atoms with Crippen LogP contribution in [0.5, 0.6) is 0 Å². The van der Waals surface area contributed by atoms with Crippen molar-refractivity contribution in [3.05, 3.63) is 107 Å². The van der Waals surface area contributed by atoms with E-state index in [1.165, 1.54) is 12.1 Å². The highest BCUT2D eigenvalue weighted by Crippen LogP contribution is 2.26. The zero-order valence-electron chi connectivity index (χ0n) is 14.8. The topological polar surface area (TPSA) is 73.3 Å². The molecule has 0 amide bonds. The molecule has 0 aliphatic rings. The molecule has 0 N–H and O–H groups in total. The van der Waals surface area contributed by atoms with Crippen LogP contribution in [0.2, 0.25) is 0 Å². The second kappa shape index (κ2) is 7.67. The summed E-state index contributed by atoms with van der Waals surface area (Å²) in [6.45, 7) is 0. The van der Waals surface area contributed by atoms with Crippen LogP contribution in [0.15, 0.2) is 96.0 Å². The first kappa shape index (κ1) is 17.4. The van der Waals surface area contributed by atoms with Gasteiger partial charge in [0.2, 0.25) is 0 Å². The maximum absolute atomic E-state index is 10.8. The van der Waals surface area contributed by atoms with Gasteiger partial charge in [-0.2, -0.15) is 5.10 Å². The van der Waals surface area contributed by atoms with E-state index in [1.807, 2.05) is 66.7 Å². The summed E-state index contributed by atoms with van der Waals surface area (Å²) in [7, 11) is 0. The molecular formula is C22H16N4O2. The Balaban J connectivity index is 1.72. The van der Waals surface area contributed by atoms with E-state index in [2.05, 4.69) is 4.99 Å². The summed E-state index contributed by atoms with van der Waals surface area (Å²) in [5.41, 5.74) is 3.55. The average Bonchev–Trinajstić information content (AvgIpc) is 3.18. The van der Waals surface area contributed by atoms with Crippen molar-refractivity contribution in [1.29, 1.82) is 0 Å². The standard InChI is InChI=1S/C22H16N4O2/c27-26(28)20-13-11-17(12-14-20)16-23-22-15-21(18-7-3-1-4-8-18)24-25(22)19-9-5-2-6-10-19/h1-16H. The van der Waals surface area contributed by atoms with Crippen LogP contribution in [0.25, 0.3) is 16.9 Å². The largest absolute Gasteiger partial charge is 0.269 e. The lowest BCUT2D eigenvalue weighted by Crippen LogP contribution is -1.96. The number of rotatable bonds is 5. The molecule has 0 bridgehead atoms. The fraction of sp³-hybridized carbons (Fsp3) is 0. The molecule has 0 aliphatic heterocycles. The third-order valence-corrected chi connectivity index (χ3v) is 4.21. The van der Waals surface area contributed by atoms with Gasteiger partial charge in [-0.1, -0.05) is 48.5 Å². The number of hydrogen-bond acceptors (Lipinski definition) is 4. The summed E-state index contributed by atoms with van der Waals surface area (Å²) in [6, 6.07) is 27.9. The van der Waals surface area contributed by atoms with Gasteiger partial charge in [0.15, 0.2) is 5.82 Å². The van der Waals surface area contributed by atoms with Crippen molar-refractivity contribution >= 4 is 17.7 Å². The van der Waals surface area contributed by atoms with E-state index >= 15 is 0 Å². The summed E-state index contributed by atoms with van der Waals surface area (Å²) in [4.78, 5) is 15.0. The summed E-state index contributed by atoms with van der Waals surface area (Å²) < 4.78 is 1.78. The Kier molecular flexibility index (Phi) is 4.76. The molecule has 136 valence electrons. The molecule has 0 atom stereocenters. The first-order valence-corrected chi connectivity index (χ1v) is 8.70. The van der Waals surface area contributed by atoms with Crippen molar-refractivity contribution < 1.29 is 4.92 Å². The lowest BCUT2D eigenvalue weighted by atomic mass is 10.2. The Hall–Kier alpha value is -4.06. The van der Waals surface area contributed by atoms with Gasteiger partial charge in [0.05, 0.1) is 16.3 Å². The predicted octanol–water partition coefficient (Wildman–Crippen LogP) is 5.20. The number of non-ortho nitro benzene ring substituents is 1. The molecule has 3 aromatic carbocycles. The van der Waals surface area contributed by atoms with Crippen LogP contribution in [0.1, 0.15) is 5.56 Å². The molecule has 0 saturated carbocycles. The highest BCUT2D eigenvalue weighted by Gasteiger charge is 2.10. The van der Waals surface area contributed by atoms with Gasteiger partial charge in [-0.05, 0) is 29.8 Å². The van der Waals surface area contributed by atoms with Crippen molar-refractivity contribution in [2.45, 2.75) is 0 Å². The van der Waals surface area contributed by atoms with Crippen LogP contribution in [0.4, 0.5) is 11.5 Å². The van der Waals surface area contributed by atoms with Crippen molar-refractivity contribution in [2.75, 3.05) is 0 Å². The van der Waals surface area contributed by atoms with E-state index in [-0.39, 0.29) is 5.69 Å². The maximum atomic E-state index is 10.8. The molecule has 1 aromatic heterocycles. The number of para-hydroxylation sites is 1. The molecule has 0 fully saturated rings. The number of hydrogen-bond donors (Lipinski definition) is 0. The van der Waals surface area contributed by atoms with Crippen molar-refractivity contribution in [1.82, 2.24) is 9.78 Å². The zero-order valence-corrected chi connectivity index (χ0v) is 14.8. The number of nitro groups is 1. The van der Waals surface area contributed by atoms with Crippen LogP contribution in [-0.4, -0.2) is 20.9 Å². The normalized spacial score (nSPS) is 11.0. The summed E-state index contributed by atoms with van der Waals surface area (Å²) in [6.07, 6.45) is 1.68. The van der Waals surface area contributed by atoms with Crippen LogP contribution < -0.4 is 0 Å². The lowest BCUT2D eigenvalue weighted by molar-refractivity contribution is -0.384. The summed E-state index contributed by atoms with van der Waals surface area (Å²) in [5.74, 6) is 0.670. The molecule has 28 heavy (non-hydrogen) atoms. The number of aliphatic imine (C=N–C) groups is 1. The first-order valence-electron chi connectivity index (χ1n) is 8.70. The molecular weight excluding hydrogens is 352 g/mol. The number of nitro benzene ring substituents is 1. The average molecular weight is 368 g/mol. The Morgan fingerprint density at radius 2 is 1.54 bits per heavy atom. The van der Waals surface area contributed by atoms with E-state index < -0.39 is 4.92 Å². The Morgan fingerprint density at radius 1 is 0.893 bits per heavy atom. The van der Waals surface area contributed by atoms with Gasteiger partial charge in [0.25, 0.3) is 5.69 Å². The lowest BCUT2D eigenvalue weighted by Gasteiger charge is -2.03. The third-order valence-electron chi connectivity index (χ3n) is 4.21. The second-order valence-corrected chi connectivity index (χ2v) is 6.11. The molecule has 4 aromatic rings. The van der Waals surface area contributed by atoms with Gasteiger partial charge < -0.3 is 0 Å². The van der Waals surface area contributed by atoms with Crippen molar-refractivity contribution in [3.63, 3.8) is 0 Å². The molecule has 6 nitrogen and oxygen atoms in total. The molecule has 4 rings (SSSR count). The number of aromatic nitrogens is 2. The predicted molar refractivity (Wildman–Crippen MR) is 109 cm³/mol. The summed E-state index contributed by atoms with van der Waals surface area (Å²) in [5, 5.41) is 15.5.